The van der Waals surface area contributed by atoms with Gasteiger partial charge in [-0.3, -0.25) is 4.79 Å². The molecule has 1 aliphatic heterocycles. The molecule has 0 spiro atoms. The predicted octanol–water partition coefficient (Wildman–Crippen LogP) is 0.221. The number of aliphatic imine (C=N–C) groups is 1. The first-order chi connectivity index (χ1) is 5.24. The fraction of sp³-hybridized carbons (Fsp3) is 0.500. The van der Waals surface area contributed by atoms with Crippen LogP contribution in [0.25, 0.3) is 0 Å². The molecule has 0 N–H and O–H groups in total. The number of esters is 1. The van der Waals surface area contributed by atoms with Crippen molar-refractivity contribution in [2.24, 2.45) is 4.99 Å². The minimum Gasteiger partial charge on any atom is -0.461 e. The molecule has 5 heteroatoms. The normalized spacial score (nSPS) is 16.5. The maximum Gasteiger partial charge on any atom is 0.363 e. The van der Waals surface area contributed by atoms with Crippen molar-refractivity contribution >= 4 is 28.7 Å². The van der Waals surface area contributed by atoms with Crippen LogP contribution in [0.4, 0.5) is 0 Å². The molecule has 11 heavy (non-hydrogen) atoms. The summed E-state index contributed by atoms with van der Waals surface area (Å²) in [5.41, 5.74) is 0. The fourth-order valence-electron chi connectivity index (χ4n) is 0.605. The van der Waals surface area contributed by atoms with Crippen molar-refractivity contribution in [3.05, 3.63) is 0 Å². The minimum atomic E-state index is -0.497. The van der Waals surface area contributed by atoms with E-state index in [0.29, 0.717) is 6.61 Å². The zero-order valence-corrected chi connectivity index (χ0v) is 6.81. The lowest BCUT2D eigenvalue weighted by molar-refractivity contribution is -0.134. The lowest BCUT2D eigenvalue weighted by Crippen LogP contribution is -2.12. The highest BCUT2D eigenvalue weighted by Crippen LogP contribution is 2.13. The van der Waals surface area contributed by atoms with Crippen LogP contribution in [0.15, 0.2) is 4.99 Å². The first-order valence-corrected chi connectivity index (χ1v) is 4.14. The molecule has 1 amide bonds. The molecule has 0 saturated heterocycles. The summed E-state index contributed by atoms with van der Waals surface area (Å²) in [6.07, 6.45) is 0. The van der Waals surface area contributed by atoms with Gasteiger partial charge in [0.05, 0.1) is 12.4 Å². The van der Waals surface area contributed by atoms with Gasteiger partial charge < -0.3 is 4.74 Å². The Morgan fingerprint density at radius 2 is 2.55 bits per heavy atom. The molecule has 4 nitrogen and oxygen atoms in total. The third kappa shape index (κ3) is 2.04. The van der Waals surface area contributed by atoms with Crippen LogP contribution in [0.3, 0.4) is 0 Å². The zero-order chi connectivity index (χ0) is 8.27. The van der Waals surface area contributed by atoms with Crippen molar-refractivity contribution in [2.75, 3.05) is 12.4 Å². The van der Waals surface area contributed by atoms with Gasteiger partial charge in [0.2, 0.25) is 0 Å². The highest BCUT2D eigenvalue weighted by molar-refractivity contribution is 8.16. The Hall–Kier alpha value is -0.840. The molecule has 1 rings (SSSR count). The molecule has 0 aromatic carbocycles. The molecule has 1 aliphatic rings. The Labute approximate surface area is 68.0 Å². The van der Waals surface area contributed by atoms with Crippen molar-refractivity contribution in [1.29, 1.82) is 0 Å². The number of thioether (sulfide) groups is 1. The van der Waals surface area contributed by atoms with E-state index in [4.69, 9.17) is 0 Å². The topological polar surface area (TPSA) is 55.7 Å². The Morgan fingerprint density at radius 1 is 1.82 bits per heavy atom. The zero-order valence-electron chi connectivity index (χ0n) is 5.99. The summed E-state index contributed by atoms with van der Waals surface area (Å²) in [6.45, 7) is 2.02. The summed E-state index contributed by atoms with van der Waals surface area (Å²) < 4.78 is 4.63. The Morgan fingerprint density at radius 3 is 3.00 bits per heavy atom. The lowest BCUT2D eigenvalue weighted by Gasteiger charge is -1.97. The number of nitrogens with zero attached hydrogens (tertiary/aromatic N) is 1. The first kappa shape index (κ1) is 8.26. The summed E-state index contributed by atoms with van der Waals surface area (Å²) in [6, 6.07) is 0. The number of carbonyl (C=O) groups is 2. The van der Waals surface area contributed by atoms with Crippen LogP contribution >= 0.6 is 11.8 Å². The van der Waals surface area contributed by atoms with Crippen LogP contribution < -0.4 is 0 Å². The standard InChI is InChI=1S/C6H7NO3S/c1-2-10-6(9)5-7-4(8)3-11-5/h2-3H2,1H3. The molecule has 60 valence electrons. The second-order valence-corrected chi connectivity index (χ2v) is 2.78. The van der Waals surface area contributed by atoms with Crippen LogP contribution in [-0.2, 0) is 14.3 Å². The van der Waals surface area contributed by atoms with E-state index in [2.05, 4.69) is 9.73 Å². The summed E-state index contributed by atoms with van der Waals surface area (Å²) in [7, 11) is 0. The van der Waals surface area contributed by atoms with Gasteiger partial charge in [-0.1, -0.05) is 11.8 Å². The molecule has 0 unspecified atom stereocenters. The first-order valence-electron chi connectivity index (χ1n) is 3.15. The number of hydrogen-bond acceptors (Lipinski definition) is 4. The van der Waals surface area contributed by atoms with Gasteiger partial charge >= 0.3 is 5.97 Å². The van der Waals surface area contributed by atoms with E-state index in [1.807, 2.05) is 0 Å². The van der Waals surface area contributed by atoms with E-state index < -0.39 is 5.97 Å². The maximum absolute atomic E-state index is 10.9. The summed E-state index contributed by atoms with van der Waals surface area (Å²) >= 11 is 1.12. The molecule has 0 aromatic rings. The second-order valence-electron chi connectivity index (χ2n) is 1.82. The average molecular weight is 173 g/mol. The molecule has 0 aromatic heterocycles. The number of ether oxygens (including phenoxy) is 1. The molecule has 0 saturated carbocycles. The van der Waals surface area contributed by atoms with Crippen LogP contribution in [-0.4, -0.2) is 29.3 Å². The molecular weight excluding hydrogens is 166 g/mol. The van der Waals surface area contributed by atoms with Crippen molar-refractivity contribution in [2.45, 2.75) is 6.92 Å². The van der Waals surface area contributed by atoms with Crippen molar-refractivity contribution in [1.82, 2.24) is 0 Å². The van der Waals surface area contributed by atoms with E-state index in [1.54, 1.807) is 6.92 Å². The van der Waals surface area contributed by atoms with Crippen LogP contribution in [0.5, 0.6) is 0 Å². The Kier molecular flexibility index (Phi) is 2.64. The van der Waals surface area contributed by atoms with Gasteiger partial charge in [-0.25, -0.2) is 4.79 Å². The average Bonchev–Trinajstić information content (AvgIpc) is 2.36. The SMILES string of the molecule is CCOC(=O)C1=NC(=O)CS1. The maximum atomic E-state index is 10.9. The van der Waals surface area contributed by atoms with E-state index >= 15 is 0 Å². The van der Waals surface area contributed by atoms with Crippen molar-refractivity contribution in [3.63, 3.8) is 0 Å². The lowest BCUT2D eigenvalue weighted by atomic mass is 10.7. The Balaban J connectivity index is 2.54. The summed E-state index contributed by atoms with van der Waals surface area (Å²) in [4.78, 5) is 24.9. The number of amides is 1. The van der Waals surface area contributed by atoms with Gasteiger partial charge in [-0.05, 0) is 6.92 Å². The van der Waals surface area contributed by atoms with Crippen molar-refractivity contribution < 1.29 is 14.3 Å². The number of carbonyl (C=O) groups excluding carboxylic acids is 2. The van der Waals surface area contributed by atoms with Crippen molar-refractivity contribution in [3.8, 4) is 0 Å². The van der Waals surface area contributed by atoms with Gasteiger partial charge in [-0.2, -0.15) is 4.99 Å². The second kappa shape index (κ2) is 3.52. The van der Waals surface area contributed by atoms with Gasteiger partial charge in [0.15, 0.2) is 5.04 Å². The molecular formula is C6H7NO3S. The van der Waals surface area contributed by atoms with E-state index in [-0.39, 0.29) is 16.7 Å². The van der Waals surface area contributed by atoms with Crippen LogP contribution in [0, 0.1) is 0 Å². The molecule has 0 radical (unpaired) electrons. The molecule has 1 heterocycles. The quantitative estimate of drug-likeness (QED) is 0.560. The molecule has 0 aliphatic carbocycles. The number of hydrogen-bond donors (Lipinski definition) is 0. The third-order valence-electron chi connectivity index (χ3n) is 1.01. The van der Waals surface area contributed by atoms with Gasteiger partial charge in [-0.15, -0.1) is 0 Å². The van der Waals surface area contributed by atoms with Crippen LogP contribution in [0.2, 0.25) is 0 Å². The Bertz CT molecular complexity index is 224. The number of rotatable bonds is 2. The van der Waals surface area contributed by atoms with E-state index in [0.717, 1.165) is 11.8 Å². The van der Waals surface area contributed by atoms with Crippen LogP contribution in [0.1, 0.15) is 6.92 Å². The monoisotopic (exact) mass is 173 g/mol. The molecule has 0 bridgehead atoms. The van der Waals surface area contributed by atoms with E-state index in [1.165, 1.54) is 0 Å². The highest BCUT2D eigenvalue weighted by Gasteiger charge is 2.21. The van der Waals surface area contributed by atoms with Gasteiger partial charge in [0.25, 0.3) is 5.91 Å². The van der Waals surface area contributed by atoms with E-state index in [9.17, 15) is 9.59 Å². The van der Waals surface area contributed by atoms with Gasteiger partial charge in [0, 0.05) is 0 Å². The summed E-state index contributed by atoms with van der Waals surface area (Å²) in [5.74, 6) is -0.505. The molecule has 0 fully saturated rings. The fourth-order valence-corrected chi connectivity index (χ4v) is 1.27. The molecule has 0 atom stereocenters. The minimum absolute atomic E-state index is 0.178. The predicted molar refractivity (Wildman–Crippen MR) is 41.5 cm³/mol. The summed E-state index contributed by atoms with van der Waals surface area (Å²) in [5, 5.41) is 0.178. The highest BCUT2D eigenvalue weighted by atomic mass is 32.2. The smallest absolute Gasteiger partial charge is 0.363 e. The third-order valence-corrected chi connectivity index (χ3v) is 1.93. The largest absolute Gasteiger partial charge is 0.461 e. The van der Waals surface area contributed by atoms with Gasteiger partial charge in [0.1, 0.15) is 0 Å².